The quantitative estimate of drug-likeness (QED) is 0.271. The first-order valence-corrected chi connectivity index (χ1v) is 13.3. The number of benzene rings is 2. The number of carbonyl (C=O) groups excluding carboxylic acids is 4. The number of hydrazine groups is 1. The fraction of sp³-hybridized carbons (Fsp3) is 0.360. The minimum absolute atomic E-state index is 0.0228. The predicted octanol–water partition coefficient (Wildman–Crippen LogP) is 4.37. The summed E-state index contributed by atoms with van der Waals surface area (Å²) in [6.07, 6.45) is 0.760. The minimum Gasteiger partial charge on any atom is -0.497 e. The third-order valence-corrected chi connectivity index (χ3v) is 10.8. The van der Waals surface area contributed by atoms with Gasteiger partial charge in [-0.1, -0.05) is 55.6 Å². The molecule has 6 atom stereocenters. The van der Waals surface area contributed by atoms with Gasteiger partial charge in [0.15, 0.2) is 5.78 Å². The summed E-state index contributed by atoms with van der Waals surface area (Å²) in [5.41, 5.74) is 0.428. The molecule has 10 heteroatoms. The van der Waals surface area contributed by atoms with Crippen molar-refractivity contribution in [2.45, 2.75) is 16.1 Å². The molecule has 2 aromatic rings. The molecule has 3 fully saturated rings. The minimum atomic E-state index is -0.683. The summed E-state index contributed by atoms with van der Waals surface area (Å²) in [5, 5.41) is 2.02. The number of Topliss-reactive ketones (excluding diaryl/α,β-unsaturated/α-hetero) is 1. The van der Waals surface area contributed by atoms with Gasteiger partial charge in [0, 0.05) is 15.2 Å². The largest absolute Gasteiger partial charge is 0.497 e. The molecule has 2 saturated carbocycles. The molecule has 1 saturated heterocycles. The Morgan fingerprint density at radius 1 is 1.00 bits per heavy atom. The molecule has 2 aromatic carbocycles. The highest BCUT2D eigenvalue weighted by Gasteiger charge is 2.67. The van der Waals surface area contributed by atoms with Crippen LogP contribution in [0.25, 0.3) is 0 Å². The Balaban J connectivity index is 1.51. The standard InChI is InChI=1S/C25H21Br2ClN2O5/c1-35-13-8-6-12(7-9-13)18(31)11-29(23(32)14-4-2-3-5-17(14)28)30-24(33)19-15-10-16(20(19)25(30)34)22(27)21(15)26/h2-9,15-16,19-22H,10-11H2,1H3/t15-,16-,19-,20+,21-,22+/m1/s1. The van der Waals surface area contributed by atoms with Gasteiger partial charge in [-0.2, -0.15) is 5.01 Å². The molecule has 0 radical (unpaired) electrons. The van der Waals surface area contributed by atoms with E-state index in [0.29, 0.717) is 11.3 Å². The third-order valence-electron chi connectivity index (χ3n) is 7.25. The number of amides is 3. The van der Waals surface area contributed by atoms with E-state index in [2.05, 4.69) is 31.9 Å². The molecule has 1 aliphatic heterocycles. The van der Waals surface area contributed by atoms with E-state index >= 15 is 0 Å². The number of rotatable bonds is 6. The molecule has 3 aliphatic rings. The summed E-state index contributed by atoms with van der Waals surface area (Å²) in [6, 6.07) is 12.8. The lowest BCUT2D eigenvalue weighted by molar-refractivity contribution is -0.154. The first kappa shape index (κ1) is 24.5. The number of nitrogens with zero attached hydrogens (tertiary/aromatic N) is 2. The number of fused-ring (bicyclic) bond motifs is 5. The Labute approximate surface area is 224 Å². The molecule has 1 heterocycles. The molecule has 182 valence electrons. The Bertz CT molecular complexity index is 1190. The van der Waals surface area contributed by atoms with Crippen LogP contribution in [0, 0.1) is 23.7 Å². The van der Waals surface area contributed by atoms with Crippen molar-refractivity contribution in [3.05, 3.63) is 64.7 Å². The maximum absolute atomic E-state index is 13.6. The molecule has 0 unspecified atom stereocenters. The summed E-state index contributed by atoms with van der Waals surface area (Å²) >= 11 is 13.6. The van der Waals surface area contributed by atoms with Gasteiger partial charge in [-0.05, 0) is 54.7 Å². The second kappa shape index (κ2) is 9.33. The topological polar surface area (TPSA) is 84.0 Å². The molecule has 7 nitrogen and oxygen atoms in total. The van der Waals surface area contributed by atoms with Crippen LogP contribution in [0.4, 0.5) is 0 Å². The average molecular weight is 625 g/mol. The van der Waals surface area contributed by atoms with Gasteiger partial charge in [0.1, 0.15) is 12.3 Å². The molecule has 0 aromatic heterocycles. The summed E-state index contributed by atoms with van der Waals surface area (Å²) in [4.78, 5) is 54.2. The fourth-order valence-electron chi connectivity index (χ4n) is 5.58. The molecule has 2 bridgehead atoms. The van der Waals surface area contributed by atoms with E-state index in [-0.39, 0.29) is 32.1 Å². The fourth-order valence-corrected chi connectivity index (χ4v) is 7.67. The maximum atomic E-state index is 13.6. The van der Waals surface area contributed by atoms with E-state index in [1.165, 1.54) is 13.2 Å². The zero-order chi connectivity index (χ0) is 25.0. The van der Waals surface area contributed by atoms with Gasteiger partial charge < -0.3 is 4.74 Å². The highest BCUT2D eigenvalue weighted by Crippen LogP contribution is 2.60. The van der Waals surface area contributed by atoms with Crippen LogP contribution in [-0.4, -0.2) is 56.8 Å². The monoisotopic (exact) mass is 622 g/mol. The van der Waals surface area contributed by atoms with E-state index in [1.54, 1.807) is 42.5 Å². The van der Waals surface area contributed by atoms with Crippen LogP contribution in [0.3, 0.4) is 0 Å². The van der Waals surface area contributed by atoms with Crippen molar-refractivity contribution in [2.24, 2.45) is 23.7 Å². The summed E-state index contributed by atoms with van der Waals surface area (Å²) in [6.45, 7) is -0.488. The molecule has 0 N–H and O–H groups in total. The smallest absolute Gasteiger partial charge is 0.274 e. The number of ketones is 1. The average Bonchev–Trinajstić information content (AvgIpc) is 3.47. The first-order valence-electron chi connectivity index (χ1n) is 11.1. The number of hydrogen-bond acceptors (Lipinski definition) is 5. The van der Waals surface area contributed by atoms with Crippen LogP contribution >= 0.6 is 43.5 Å². The van der Waals surface area contributed by atoms with Crippen molar-refractivity contribution in [1.29, 1.82) is 0 Å². The van der Waals surface area contributed by atoms with Crippen LogP contribution in [0.1, 0.15) is 27.1 Å². The van der Waals surface area contributed by atoms with Gasteiger partial charge in [0.05, 0.1) is 29.5 Å². The van der Waals surface area contributed by atoms with Crippen molar-refractivity contribution in [3.63, 3.8) is 0 Å². The number of carbonyl (C=O) groups is 4. The van der Waals surface area contributed by atoms with Gasteiger partial charge in [-0.25, -0.2) is 5.01 Å². The first-order chi connectivity index (χ1) is 16.7. The zero-order valence-electron chi connectivity index (χ0n) is 18.6. The number of halogens is 3. The normalized spacial score (nSPS) is 28.9. The zero-order valence-corrected chi connectivity index (χ0v) is 22.5. The molecule has 35 heavy (non-hydrogen) atoms. The van der Waals surface area contributed by atoms with E-state index in [0.717, 1.165) is 16.4 Å². The molecule has 3 amide bonds. The molecule has 5 rings (SSSR count). The van der Waals surface area contributed by atoms with Crippen LogP contribution < -0.4 is 4.74 Å². The lowest BCUT2D eigenvalue weighted by atomic mass is 9.81. The Morgan fingerprint density at radius 3 is 2.11 bits per heavy atom. The lowest BCUT2D eigenvalue weighted by Crippen LogP contribution is -2.52. The number of alkyl halides is 2. The Hall–Kier alpha value is -2.23. The van der Waals surface area contributed by atoms with E-state index < -0.39 is 41.9 Å². The molecule has 0 spiro atoms. The Morgan fingerprint density at radius 2 is 1.57 bits per heavy atom. The van der Waals surface area contributed by atoms with Crippen molar-refractivity contribution < 1.29 is 23.9 Å². The predicted molar refractivity (Wildman–Crippen MR) is 136 cm³/mol. The maximum Gasteiger partial charge on any atom is 0.274 e. The van der Waals surface area contributed by atoms with Gasteiger partial charge in [0.25, 0.3) is 17.7 Å². The summed E-state index contributed by atoms with van der Waals surface area (Å²) < 4.78 is 5.14. The number of methoxy groups -OCH3 is 1. The van der Waals surface area contributed by atoms with Gasteiger partial charge in [0.2, 0.25) is 0 Å². The summed E-state index contributed by atoms with van der Waals surface area (Å²) in [5.74, 6) is -2.52. The number of ether oxygens (including phenoxy) is 1. The second-order valence-electron chi connectivity index (χ2n) is 8.99. The van der Waals surface area contributed by atoms with Crippen molar-refractivity contribution in [3.8, 4) is 5.75 Å². The van der Waals surface area contributed by atoms with Crippen LogP contribution in [0.5, 0.6) is 5.75 Å². The van der Waals surface area contributed by atoms with Gasteiger partial charge >= 0.3 is 0 Å². The van der Waals surface area contributed by atoms with Crippen LogP contribution in [0.2, 0.25) is 5.02 Å². The molecule has 2 aliphatic carbocycles. The second-order valence-corrected chi connectivity index (χ2v) is 11.5. The third kappa shape index (κ3) is 3.92. The Kier molecular flexibility index (Phi) is 6.52. The molecular weight excluding hydrogens is 604 g/mol. The molecular formula is C25H21Br2ClN2O5. The SMILES string of the molecule is COc1ccc(C(=O)CN(C(=O)c2ccccc2Cl)N2C(=O)[C@@H]3[C@H]4C[C@@H]([C@H](Br)[C@@H]4Br)[C@@H]3C2=O)cc1. The van der Waals surface area contributed by atoms with Crippen LogP contribution in [-0.2, 0) is 9.59 Å². The number of imide groups is 1. The van der Waals surface area contributed by atoms with E-state index in [1.807, 2.05) is 0 Å². The van der Waals surface area contributed by atoms with Crippen molar-refractivity contribution in [1.82, 2.24) is 10.0 Å². The van der Waals surface area contributed by atoms with Crippen molar-refractivity contribution in [2.75, 3.05) is 13.7 Å². The van der Waals surface area contributed by atoms with E-state index in [4.69, 9.17) is 16.3 Å². The van der Waals surface area contributed by atoms with Crippen LogP contribution in [0.15, 0.2) is 48.5 Å². The highest BCUT2D eigenvalue weighted by molar-refractivity contribution is 9.12. The van der Waals surface area contributed by atoms with Crippen molar-refractivity contribution >= 4 is 67.0 Å². The highest BCUT2D eigenvalue weighted by atomic mass is 79.9. The van der Waals surface area contributed by atoms with Gasteiger partial charge in [-0.3, -0.25) is 19.2 Å². The van der Waals surface area contributed by atoms with Gasteiger partial charge in [-0.15, -0.1) is 0 Å². The number of hydrogen-bond donors (Lipinski definition) is 0. The van der Waals surface area contributed by atoms with E-state index in [9.17, 15) is 19.2 Å². The summed E-state index contributed by atoms with van der Waals surface area (Å²) in [7, 11) is 1.52. The lowest BCUT2D eigenvalue weighted by Gasteiger charge is -2.31.